The molecule has 6 heteroatoms. The first-order chi connectivity index (χ1) is 10.8. The van der Waals surface area contributed by atoms with E-state index in [1.165, 1.54) is 12.1 Å². The summed E-state index contributed by atoms with van der Waals surface area (Å²) in [5.74, 6) is -0.272. The van der Waals surface area contributed by atoms with Crippen LogP contribution in [0, 0.1) is 5.82 Å². The summed E-state index contributed by atoms with van der Waals surface area (Å²) in [4.78, 5) is 13.9. The van der Waals surface area contributed by atoms with Crippen LogP contribution in [0.1, 0.15) is 25.8 Å². The first-order valence-electron chi connectivity index (χ1n) is 7.11. The lowest BCUT2D eigenvalue weighted by Gasteiger charge is -2.13. The maximum Gasteiger partial charge on any atom is 0.222 e. The molecule has 0 aliphatic carbocycles. The van der Waals surface area contributed by atoms with E-state index in [0.29, 0.717) is 0 Å². The van der Waals surface area contributed by atoms with Gasteiger partial charge in [0.25, 0.3) is 0 Å². The fraction of sp³-hybridized carbons (Fsp3) is 0.235. The van der Waals surface area contributed by atoms with E-state index >= 15 is 0 Å². The minimum absolute atomic E-state index is 0.0888. The molecule has 1 aromatic carbocycles. The molecule has 2 aromatic heterocycles. The molecule has 0 aliphatic heterocycles. The molecule has 0 fully saturated rings. The second-order valence-electron chi connectivity index (χ2n) is 6.16. The Morgan fingerprint density at radius 2 is 1.74 bits per heavy atom. The second-order valence-corrected chi connectivity index (χ2v) is 7.50. The van der Waals surface area contributed by atoms with Gasteiger partial charge in [-0.1, -0.05) is 20.8 Å². The summed E-state index contributed by atoms with van der Waals surface area (Å²) in [6.07, 6.45) is 1.62. The zero-order valence-electron chi connectivity index (χ0n) is 13.0. The van der Waals surface area contributed by atoms with E-state index in [4.69, 9.17) is 16.6 Å². The second kappa shape index (κ2) is 5.98. The minimum atomic E-state index is -0.272. The average molecular weight is 348 g/mol. The van der Waals surface area contributed by atoms with Gasteiger partial charge in [0.15, 0.2) is 0 Å². The largest absolute Gasteiger partial charge is 0.240 e. The first-order valence-corrected chi connectivity index (χ1v) is 8.30. The summed E-state index contributed by atoms with van der Waals surface area (Å²) < 4.78 is 13.2. The number of hydrogen-bond acceptors (Lipinski definition) is 4. The molecule has 2 heterocycles. The number of benzene rings is 1. The van der Waals surface area contributed by atoms with E-state index in [0.717, 1.165) is 26.8 Å². The van der Waals surface area contributed by atoms with Gasteiger partial charge in [-0.15, -0.1) is 11.3 Å². The standard InChI is InChI=1S/C17H15ClFN3S/c1-17(2,3)15-22-13(10-4-6-11(19)7-5-10)14(23-15)12-8-9-20-16(18)21-12/h4-9H,1-3H3. The van der Waals surface area contributed by atoms with Gasteiger partial charge in [0.2, 0.25) is 5.28 Å². The van der Waals surface area contributed by atoms with E-state index < -0.39 is 0 Å². The zero-order valence-corrected chi connectivity index (χ0v) is 14.5. The summed E-state index contributed by atoms with van der Waals surface area (Å²) >= 11 is 7.50. The van der Waals surface area contributed by atoms with Gasteiger partial charge in [-0.25, -0.2) is 19.3 Å². The number of aromatic nitrogens is 3. The van der Waals surface area contributed by atoms with Crippen LogP contribution in [0.2, 0.25) is 5.28 Å². The number of halogens is 2. The molecular formula is C17H15ClFN3S. The van der Waals surface area contributed by atoms with Crippen LogP contribution in [0.15, 0.2) is 36.5 Å². The summed E-state index contributed by atoms with van der Waals surface area (Å²) in [6, 6.07) is 8.12. The third-order valence-corrected chi connectivity index (χ3v) is 4.93. The molecule has 0 unspecified atom stereocenters. The van der Waals surface area contributed by atoms with Gasteiger partial charge in [-0.05, 0) is 41.9 Å². The Hall–Kier alpha value is -1.85. The Labute approximate surface area is 143 Å². The van der Waals surface area contributed by atoms with Crippen LogP contribution >= 0.6 is 22.9 Å². The monoisotopic (exact) mass is 347 g/mol. The molecule has 3 nitrogen and oxygen atoms in total. The lowest BCUT2D eigenvalue weighted by Crippen LogP contribution is -2.10. The molecule has 3 aromatic rings. The van der Waals surface area contributed by atoms with Crippen molar-refractivity contribution in [1.29, 1.82) is 0 Å². The molecule has 0 saturated heterocycles. The molecule has 0 saturated carbocycles. The molecule has 0 atom stereocenters. The Morgan fingerprint density at radius 1 is 1.04 bits per heavy atom. The van der Waals surface area contributed by atoms with Crippen molar-refractivity contribution in [2.75, 3.05) is 0 Å². The predicted molar refractivity (Wildman–Crippen MR) is 92.2 cm³/mol. The average Bonchev–Trinajstić information content (AvgIpc) is 2.93. The molecular weight excluding hydrogens is 333 g/mol. The van der Waals surface area contributed by atoms with Crippen LogP contribution in [0.25, 0.3) is 21.8 Å². The zero-order chi connectivity index (χ0) is 16.6. The van der Waals surface area contributed by atoms with Gasteiger partial charge >= 0.3 is 0 Å². The van der Waals surface area contributed by atoms with Crippen molar-refractivity contribution in [3.63, 3.8) is 0 Å². The fourth-order valence-electron chi connectivity index (χ4n) is 2.08. The van der Waals surface area contributed by atoms with Crippen molar-refractivity contribution >= 4 is 22.9 Å². The van der Waals surface area contributed by atoms with E-state index in [1.807, 2.05) is 0 Å². The van der Waals surface area contributed by atoms with Gasteiger partial charge in [0.05, 0.1) is 21.3 Å². The van der Waals surface area contributed by atoms with Crippen molar-refractivity contribution in [2.45, 2.75) is 26.2 Å². The predicted octanol–water partition coefficient (Wildman–Crippen LogP) is 5.36. The van der Waals surface area contributed by atoms with Gasteiger partial charge in [0.1, 0.15) is 5.82 Å². The van der Waals surface area contributed by atoms with Crippen molar-refractivity contribution in [3.05, 3.63) is 52.6 Å². The quantitative estimate of drug-likeness (QED) is 0.586. The summed E-state index contributed by atoms with van der Waals surface area (Å²) in [7, 11) is 0. The topological polar surface area (TPSA) is 38.7 Å². The maximum atomic E-state index is 13.2. The fourth-order valence-corrected chi connectivity index (χ4v) is 3.34. The molecule has 0 amide bonds. The Morgan fingerprint density at radius 3 is 2.35 bits per heavy atom. The third kappa shape index (κ3) is 3.41. The molecule has 0 radical (unpaired) electrons. The van der Waals surface area contributed by atoms with Crippen LogP contribution in [-0.2, 0) is 5.41 Å². The normalized spacial score (nSPS) is 11.7. The highest BCUT2D eigenvalue weighted by Crippen LogP contribution is 2.40. The molecule has 0 N–H and O–H groups in total. The molecule has 23 heavy (non-hydrogen) atoms. The number of hydrogen-bond donors (Lipinski definition) is 0. The molecule has 3 rings (SSSR count). The smallest absolute Gasteiger partial charge is 0.222 e. The Kier molecular flexibility index (Phi) is 4.17. The van der Waals surface area contributed by atoms with E-state index in [-0.39, 0.29) is 16.5 Å². The van der Waals surface area contributed by atoms with Crippen molar-refractivity contribution < 1.29 is 4.39 Å². The number of thiazole rings is 1. The highest BCUT2D eigenvalue weighted by Gasteiger charge is 2.23. The summed E-state index contributed by atoms with van der Waals surface area (Å²) in [5.41, 5.74) is 2.27. The van der Waals surface area contributed by atoms with Crippen LogP contribution in [0.3, 0.4) is 0 Å². The van der Waals surface area contributed by atoms with Gasteiger partial charge < -0.3 is 0 Å². The summed E-state index contributed by atoms with van der Waals surface area (Å²) in [6.45, 7) is 6.32. The molecule has 118 valence electrons. The maximum absolute atomic E-state index is 13.2. The lowest BCUT2D eigenvalue weighted by molar-refractivity contribution is 0.586. The summed E-state index contributed by atoms with van der Waals surface area (Å²) in [5, 5.41) is 1.18. The highest BCUT2D eigenvalue weighted by molar-refractivity contribution is 7.15. The van der Waals surface area contributed by atoms with E-state index in [9.17, 15) is 4.39 Å². The first kappa shape index (κ1) is 16.0. The van der Waals surface area contributed by atoms with Crippen LogP contribution < -0.4 is 0 Å². The van der Waals surface area contributed by atoms with Crippen molar-refractivity contribution in [2.24, 2.45) is 0 Å². The van der Waals surface area contributed by atoms with Crippen LogP contribution in [-0.4, -0.2) is 15.0 Å². The molecule has 0 spiro atoms. The molecule has 0 bridgehead atoms. The lowest BCUT2D eigenvalue weighted by atomic mass is 9.98. The van der Waals surface area contributed by atoms with Gasteiger partial charge in [-0.2, -0.15) is 0 Å². The van der Waals surface area contributed by atoms with E-state index in [2.05, 4.69) is 30.7 Å². The molecule has 0 aliphatic rings. The minimum Gasteiger partial charge on any atom is -0.240 e. The van der Waals surface area contributed by atoms with E-state index in [1.54, 1.807) is 35.7 Å². The van der Waals surface area contributed by atoms with Gasteiger partial charge in [-0.3, -0.25) is 0 Å². The Bertz CT molecular complexity index is 838. The van der Waals surface area contributed by atoms with Crippen molar-refractivity contribution in [1.82, 2.24) is 15.0 Å². The number of rotatable bonds is 2. The van der Waals surface area contributed by atoms with Crippen molar-refractivity contribution in [3.8, 4) is 21.8 Å². The van der Waals surface area contributed by atoms with Crippen LogP contribution in [0.5, 0.6) is 0 Å². The van der Waals surface area contributed by atoms with Gasteiger partial charge in [0, 0.05) is 17.2 Å². The van der Waals surface area contributed by atoms with Crippen LogP contribution in [0.4, 0.5) is 4.39 Å². The SMILES string of the molecule is CC(C)(C)c1nc(-c2ccc(F)cc2)c(-c2ccnc(Cl)n2)s1. The third-order valence-electron chi connectivity index (χ3n) is 3.25. The highest BCUT2D eigenvalue weighted by atomic mass is 35.5. The number of nitrogens with zero attached hydrogens (tertiary/aromatic N) is 3. The Balaban J connectivity index is 2.21.